The van der Waals surface area contributed by atoms with Crippen LogP contribution in [0.4, 0.5) is 10.1 Å². The molecule has 0 saturated heterocycles. The summed E-state index contributed by atoms with van der Waals surface area (Å²) in [6.07, 6.45) is 0. The SMILES string of the molecule is COc1ccc(Oc2c(Cl)cc([N+](=O)[O-])cc2Cl)cc1S(=O)(=O)c1ccc(F)cc1. The van der Waals surface area contributed by atoms with Gasteiger partial charge in [0, 0.05) is 18.2 Å². The molecule has 3 aromatic rings. The van der Waals surface area contributed by atoms with Crippen LogP contribution in [0.1, 0.15) is 0 Å². The molecule has 0 amide bonds. The average molecular weight is 472 g/mol. The van der Waals surface area contributed by atoms with Gasteiger partial charge in [0.25, 0.3) is 5.69 Å². The smallest absolute Gasteiger partial charge is 0.272 e. The van der Waals surface area contributed by atoms with Crippen LogP contribution in [0.3, 0.4) is 0 Å². The summed E-state index contributed by atoms with van der Waals surface area (Å²) in [4.78, 5) is 9.85. The first-order valence-electron chi connectivity index (χ1n) is 8.13. The lowest BCUT2D eigenvalue weighted by atomic mass is 10.3. The predicted molar refractivity (Wildman–Crippen MR) is 108 cm³/mol. The molecule has 0 aliphatic carbocycles. The van der Waals surface area contributed by atoms with Crippen LogP contribution in [-0.4, -0.2) is 20.5 Å². The highest BCUT2D eigenvalue weighted by Gasteiger charge is 2.24. The maximum atomic E-state index is 13.2. The number of rotatable bonds is 6. The largest absolute Gasteiger partial charge is 0.495 e. The van der Waals surface area contributed by atoms with Crippen LogP contribution in [0.15, 0.2) is 64.4 Å². The minimum absolute atomic E-state index is 0.0348. The second-order valence-corrected chi connectivity index (χ2v) is 8.60. The van der Waals surface area contributed by atoms with Crippen molar-refractivity contribution in [2.75, 3.05) is 7.11 Å². The van der Waals surface area contributed by atoms with E-state index in [1.165, 1.54) is 25.3 Å². The van der Waals surface area contributed by atoms with Crippen molar-refractivity contribution in [1.82, 2.24) is 0 Å². The fraction of sp³-hybridized carbons (Fsp3) is 0.0526. The Morgan fingerprint density at radius 2 is 1.60 bits per heavy atom. The van der Waals surface area contributed by atoms with Crippen molar-refractivity contribution in [3.63, 3.8) is 0 Å². The number of nitro benzene ring substituents is 1. The van der Waals surface area contributed by atoms with Gasteiger partial charge in [-0.15, -0.1) is 0 Å². The van der Waals surface area contributed by atoms with Crippen molar-refractivity contribution < 1.29 is 27.2 Å². The number of nitro groups is 1. The Kier molecular flexibility index (Phi) is 6.16. The molecule has 0 radical (unpaired) electrons. The van der Waals surface area contributed by atoms with Gasteiger partial charge in [0.05, 0.1) is 27.0 Å². The van der Waals surface area contributed by atoms with Crippen LogP contribution in [0.2, 0.25) is 10.0 Å². The van der Waals surface area contributed by atoms with E-state index < -0.39 is 20.6 Å². The monoisotopic (exact) mass is 471 g/mol. The van der Waals surface area contributed by atoms with Crippen molar-refractivity contribution in [1.29, 1.82) is 0 Å². The number of sulfone groups is 1. The minimum Gasteiger partial charge on any atom is -0.495 e. The molecule has 0 spiro atoms. The molecule has 0 unspecified atom stereocenters. The van der Waals surface area contributed by atoms with Crippen LogP contribution in [0.25, 0.3) is 0 Å². The minimum atomic E-state index is -4.08. The molecular weight excluding hydrogens is 460 g/mol. The Morgan fingerprint density at radius 3 is 2.13 bits per heavy atom. The molecular formula is C19H12Cl2FNO6S. The second-order valence-electron chi connectivity index (χ2n) is 5.87. The topological polar surface area (TPSA) is 95.7 Å². The molecule has 7 nitrogen and oxygen atoms in total. The molecule has 0 fully saturated rings. The van der Waals surface area contributed by atoms with Crippen molar-refractivity contribution in [2.24, 2.45) is 0 Å². The summed E-state index contributed by atoms with van der Waals surface area (Å²) in [5.74, 6) is -0.596. The summed E-state index contributed by atoms with van der Waals surface area (Å²) in [7, 11) is -2.78. The van der Waals surface area contributed by atoms with Crippen LogP contribution in [-0.2, 0) is 9.84 Å². The molecule has 156 valence electrons. The fourth-order valence-electron chi connectivity index (χ4n) is 2.54. The molecule has 3 rings (SSSR count). The van der Waals surface area contributed by atoms with E-state index in [-0.39, 0.29) is 42.8 Å². The molecule has 3 aromatic carbocycles. The van der Waals surface area contributed by atoms with Gasteiger partial charge in [-0.2, -0.15) is 0 Å². The van der Waals surface area contributed by atoms with Gasteiger partial charge in [-0.1, -0.05) is 23.2 Å². The first kappa shape index (κ1) is 21.8. The van der Waals surface area contributed by atoms with Gasteiger partial charge >= 0.3 is 0 Å². The molecule has 0 aromatic heterocycles. The van der Waals surface area contributed by atoms with Gasteiger partial charge < -0.3 is 9.47 Å². The van der Waals surface area contributed by atoms with E-state index in [1.807, 2.05) is 0 Å². The molecule has 11 heteroatoms. The Labute approximate surface area is 180 Å². The average Bonchev–Trinajstić information content (AvgIpc) is 2.70. The molecule has 0 aliphatic heterocycles. The summed E-state index contributed by atoms with van der Waals surface area (Å²) in [5.41, 5.74) is -0.327. The summed E-state index contributed by atoms with van der Waals surface area (Å²) < 4.78 is 49.9. The van der Waals surface area contributed by atoms with Crippen LogP contribution < -0.4 is 9.47 Å². The first-order valence-corrected chi connectivity index (χ1v) is 10.4. The third kappa shape index (κ3) is 4.33. The highest BCUT2D eigenvalue weighted by atomic mass is 35.5. The zero-order valence-electron chi connectivity index (χ0n) is 15.1. The number of benzene rings is 3. The predicted octanol–water partition coefficient (Wildman–Crippen LogP) is 5.67. The van der Waals surface area contributed by atoms with Crippen molar-refractivity contribution >= 4 is 38.7 Å². The van der Waals surface area contributed by atoms with Gasteiger partial charge in [-0.3, -0.25) is 10.1 Å². The molecule has 0 atom stereocenters. The lowest BCUT2D eigenvalue weighted by molar-refractivity contribution is -0.384. The number of ether oxygens (including phenoxy) is 2. The van der Waals surface area contributed by atoms with Gasteiger partial charge in [-0.25, -0.2) is 12.8 Å². The van der Waals surface area contributed by atoms with Crippen molar-refractivity contribution in [3.05, 3.63) is 80.6 Å². The Balaban J connectivity index is 2.06. The molecule has 0 heterocycles. The zero-order chi connectivity index (χ0) is 22.1. The van der Waals surface area contributed by atoms with Gasteiger partial charge in [0.15, 0.2) is 5.75 Å². The van der Waals surface area contributed by atoms with E-state index in [0.717, 1.165) is 36.4 Å². The van der Waals surface area contributed by atoms with Crippen molar-refractivity contribution in [3.8, 4) is 17.2 Å². The summed E-state index contributed by atoms with van der Waals surface area (Å²) in [5, 5.41) is 10.6. The Hall–Kier alpha value is -2.88. The summed E-state index contributed by atoms with van der Waals surface area (Å²) in [6, 6.07) is 10.4. The Morgan fingerprint density at radius 1 is 1.00 bits per heavy atom. The van der Waals surface area contributed by atoms with E-state index in [9.17, 15) is 22.9 Å². The van der Waals surface area contributed by atoms with E-state index in [0.29, 0.717) is 0 Å². The van der Waals surface area contributed by atoms with Gasteiger partial charge in [-0.05, 0) is 36.4 Å². The Bertz CT molecular complexity index is 1210. The number of nitrogens with zero attached hydrogens (tertiary/aromatic N) is 1. The highest BCUT2D eigenvalue weighted by Crippen LogP contribution is 2.41. The zero-order valence-corrected chi connectivity index (χ0v) is 17.5. The number of halogens is 3. The van der Waals surface area contributed by atoms with Crippen LogP contribution in [0.5, 0.6) is 17.2 Å². The molecule has 0 aliphatic rings. The molecule has 0 bridgehead atoms. The highest BCUT2D eigenvalue weighted by molar-refractivity contribution is 7.91. The third-order valence-electron chi connectivity index (χ3n) is 3.96. The number of methoxy groups -OCH3 is 1. The number of hydrogen-bond acceptors (Lipinski definition) is 6. The van der Waals surface area contributed by atoms with Crippen LogP contribution >= 0.6 is 23.2 Å². The fourth-order valence-corrected chi connectivity index (χ4v) is 4.53. The lowest BCUT2D eigenvalue weighted by Crippen LogP contribution is -2.05. The van der Waals surface area contributed by atoms with E-state index in [1.54, 1.807) is 0 Å². The molecule has 0 saturated carbocycles. The second kappa shape index (κ2) is 8.47. The molecule has 0 N–H and O–H groups in total. The van der Waals surface area contributed by atoms with E-state index in [2.05, 4.69) is 0 Å². The summed E-state index contributed by atoms with van der Waals surface area (Å²) >= 11 is 12.1. The first-order chi connectivity index (χ1) is 14.1. The standard InChI is InChI=1S/C19H12Cl2FNO6S/c1-28-17-7-4-13(29-19-15(20)8-12(23(24)25)9-16(19)21)10-18(17)30(26,27)14-5-2-11(22)3-6-14/h2-10H,1H3. The maximum Gasteiger partial charge on any atom is 0.272 e. The number of hydrogen-bond donors (Lipinski definition) is 0. The maximum absolute atomic E-state index is 13.2. The van der Waals surface area contributed by atoms with E-state index in [4.69, 9.17) is 32.7 Å². The molecule has 30 heavy (non-hydrogen) atoms. The third-order valence-corrected chi connectivity index (χ3v) is 6.31. The van der Waals surface area contributed by atoms with E-state index >= 15 is 0 Å². The quantitative estimate of drug-likeness (QED) is 0.261. The van der Waals surface area contributed by atoms with Gasteiger partial charge in [0.2, 0.25) is 9.84 Å². The number of non-ortho nitro benzene ring substituents is 1. The van der Waals surface area contributed by atoms with Crippen LogP contribution in [0, 0.1) is 15.9 Å². The van der Waals surface area contributed by atoms with Gasteiger partial charge in [0.1, 0.15) is 22.2 Å². The normalized spacial score (nSPS) is 11.2. The lowest BCUT2D eigenvalue weighted by Gasteiger charge is -2.14. The van der Waals surface area contributed by atoms with Crippen molar-refractivity contribution in [2.45, 2.75) is 9.79 Å². The summed E-state index contributed by atoms with van der Waals surface area (Å²) in [6.45, 7) is 0.